The van der Waals surface area contributed by atoms with Gasteiger partial charge in [-0.2, -0.15) is 0 Å². The lowest BCUT2D eigenvalue weighted by Gasteiger charge is -2.06. The zero-order valence-corrected chi connectivity index (χ0v) is 10.6. The number of hydrogen-bond donors (Lipinski definition) is 1. The standard InChI is InChI=1S/C14H16FN3/c1-3-16-7-11-8-17-14(18-9-11)13-5-4-12(15)6-10(13)2/h4-6,8-9,16H,3,7H2,1-2H3. The fraction of sp³-hybridized carbons (Fsp3) is 0.286. The van der Waals surface area contributed by atoms with E-state index in [1.165, 1.54) is 12.1 Å². The van der Waals surface area contributed by atoms with Crippen molar-refractivity contribution in [3.8, 4) is 11.4 Å². The second-order valence-electron chi connectivity index (χ2n) is 4.15. The summed E-state index contributed by atoms with van der Waals surface area (Å²) in [5.41, 5.74) is 2.75. The largest absolute Gasteiger partial charge is 0.313 e. The lowest BCUT2D eigenvalue weighted by Crippen LogP contribution is -2.12. The van der Waals surface area contributed by atoms with Crippen molar-refractivity contribution in [3.63, 3.8) is 0 Å². The van der Waals surface area contributed by atoms with Gasteiger partial charge >= 0.3 is 0 Å². The van der Waals surface area contributed by atoms with Gasteiger partial charge in [-0.15, -0.1) is 0 Å². The molecule has 1 aromatic heterocycles. The lowest BCUT2D eigenvalue weighted by molar-refractivity contribution is 0.627. The molecule has 3 nitrogen and oxygen atoms in total. The molecule has 1 aromatic carbocycles. The Kier molecular flexibility index (Phi) is 3.99. The molecule has 0 aliphatic heterocycles. The third kappa shape index (κ3) is 2.90. The molecular weight excluding hydrogens is 229 g/mol. The fourth-order valence-corrected chi connectivity index (χ4v) is 1.73. The van der Waals surface area contributed by atoms with Gasteiger partial charge in [0.2, 0.25) is 0 Å². The molecule has 4 heteroatoms. The minimum atomic E-state index is -0.236. The molecule has 0 aliphatic carbocycles. The maximum atomic E-state index is 13.0. The molecule has 94 valence electrons. The minimum Gasteiger partial charge on any atom is -0.313 e. The van der Waals surface area contributed by atoms with Crippen molar-refractivity contribution < 1.29 is 4.39 Å². The highest BCUT2D eigenvalue weighted by atomic mass is 19.1. The number of nitrogens with zero attached hydrogens (tertiary/aromatic N) is 2. The molecule has 0 saturated heterocycles. The van der Waals surface area contributed by atoms with Gasteiger partial charge in [-0.1, -0.05) is 6.92 Å². The van der Waals surface area contributed by atoms with E-state index in [-0.39, 0.29) is 5.82 Å². The Hall–Kier alpha value is -1.81. The Morgan fingerprint density at radius 3 is 2.56 bits per heavy atom. The molecule has 18 heavy (non-hydrogen) atoms. The van der Waals surface area contributed by atoms with E-state index in [1.54, 1.807) is 18.5 Å². The molecule has 1 heterocycles. The van der Waals surface area contributed by atoms with Gasteiger partial charge in [0.05, 0.1) is 0 Å². The van der Waals surface area contributed by atoms with Crippen LogP contribution in [0.25, 0.3) is 11.4 Å². The Morgan fingerprint density at radius 1 is 1.22 bits per heavy atom. The molecule has 0 fully saturated rings. The van der Waals surface area contributed by atoms with Crippen molar-refractivity contribution in [2.24, 2.45) is 0 Å². The van der Waals surface area contributed by atoms with Gasteiger partial charge in [0, 0.05) is 30.1 Å². The second-order valence-corrected chi connectivity index (χ2v) is 4.15. The van der Waals surface area contributed by atoms with Gasteiger partial charge in [0.15, 0.2) is 5.82 Å². The lowest BCUT2D eigenvalue weighted by atomic mass is 10.1. The molecule has 2 rings (SSSR count). The summed E-state index contributed by atoms with van der Waals surface area (Å²) in [5.74, 6) is 0.396. The summed E-state index contributed by atoms with van der Waals surface area (Å²) in [5, 5.41) is 3.21. The van der Waals surface area contributed by atoms with Gasteiger partial charge in [-0.25, -0.2) is 14.4 Å². The van der Waals surface area contributed by atoms with Crippen LogP contribution in [0.1, 0.15) is 18.1 Å². The first-order valence-electron chi connectivity index (χ1n) is 5.99. The van der Waals surface area contributed by atoms with Crippen LogP contribution in [-0.4, -0.2) is 16.5 Å². The van der Waals surface area contributed by atoms with Crippen LogP contribution in [0.5, 0.6) is 0 Å². The Balaban J connectivity index is 2.23. The van der Waals surface area contributed by atoms with Gasteiger partial charge in [-0.05, 0) is 37.2 Å². The highest BCUT2D eigenvalue weighted by Crippen LogP contribution is 2.20. The second kappa shape index (κ2) is 5.69. The number of rotatable bonds is 4. The van der Waals surface area contributed by atoms with Gasteiger partial charge in [0.1, 0.15) is 5.82 Å². The molecule has 1 N–H and O–H groups in total. The first-order chi connectivity index (χ1) is 8.70. The van der Waals surface area contributed by atoms with Gasteiger partial charge in [0.25, 0.3) is 0 Å². The molecule has 0 amide bonds. The summed E-state index contributed by atoms with van der Waals surface area (Å²) in [6.07, 6.45) is 3.60. The SMILES string of the molecule is CCNCc1cnc(-c2ccc(F)cc2C)nc1. The summed E-state index contributed by atoms with van der Waals surface area (Å²) < 4.78 is 13.0. The van der Waals surface area contributed by atoms with Crippen molar-refractivity contribution in [2.45, 2.75) is 20.4 Å². The molecule has 0 bridgehead atoms. The average molecular weight is 245 g/mol. The quantitative estimate of drug-likeness (QED) is 0.900. The Labute approximate surface area is 106 Å². The van der Waals surface area contributed by atoms with Crippen LogP contribution in [0.3, 0.4) is 0 Å². The van der Waals surface area contributed by atoms with E-state index in [0.29, 0.717) is 5.82 Å². The summed E-state index contributed by atoms with van der Waals surface area (Å²) in [4.78, 5) is 8.64. The van der Waals surface area contributed by atoms with E-state index < -0.39 is 0 Å². The molecular formula is C14H16FN3. The summed E-state index contributed by atoms with van der Waals surface area (Å²) in [6.45, 7) is 5.59. The first kappa shape index (κ1) is 12.6. The molecule has 2 aromatic rings. The number of hydrogen-bond acceptors (Lipinski definition) is 3. The molecule has 0 spiro atoms. The van der Waals surface area contributed by atoms with E-state index in [2.05, 4.69) is 22.2 Å². The van der Waals surface area contributed by atoms with Gasteiger partial charge < -0.3 is 5.32 Å². The molecule has 0 atom stereocenters. The van der Waals surface area contributed by atoms with Crippen molar-refractivity contribution >= 4 is 0 Å². The first-order valence-corrected chi connectivity index (χ1v) is 5.99. The van der Waals surface area contributed by atoms with Crippen LogP contribution in [0.2, 0.25) is 0 Å². The van der Waals surface area contributed by atoms with E-state index in [9.17, 15) is 4.39 Å². The minimum absolute atomic E-state index is 0.236. The van der Waals surface area contributed by atoms with Crippen LogP contribution >= 0.6 is 0 Å². The van der Waals surface area contributed by atoms with Crippen LogP contribution in [0.4, 0.5) is 4.39 Å². The van der Waals surface area contributed by atoms with E-state index >= 15 is 0 Å². The normalized spacial score (nSPS) is 10.6. The third-order valence-corrected chi connectivity index (χ3v) is 2.71. The summed E-state index contributed by atoms with van der Waals surface area (Å²) >= 11 is 0. The number of benzene rings is 1. The van der Waals surface area contributed by atoms with Crippen molar-refractivity contribution in [1.82, 2.24) is 15.3 Å². The Morgan fingerprint density at radius 2 is 1.94 bits per heavy atom. The number of nitrogens with one attached hydrogen (secondary N) is 1. The average Bonchev–Trinajstić information content (AvgIpc) is 2.37. The Bertz CT molecular complexity index is 523. The maximum absolute atomic E-state index is 13.0. The van der Waals surface area contributed by atoms with Crippen molar-refractivity contribution in [1.29, 1.82) is 0 Å². The predicted molar refractivity (Wildman–Crippen MR) is 69.5 cm³/mol. The number of aryl methyl sites for hydroxylation is 1. The molecule has 0 radical (unpaired) electrons. The van der Waals surface area contributed by atoms with Crippen LogP contribution in [0, 0.1) is 12.7 Å². The topological polar surface area (TPSA) is 37.8 Å². The predicted octanol–water partition coefficient (Wildman–Crippen LogP) is 2.70. The zero-order valence-electron chi connectivity index (χ0n) is 10.6. The van der Waals surface area contributed by atoms with Crippen molar-refractivity contribution in [3.05, 3.63) is 47.5 Å². The molecule has 0 aliphatic rings. The third-order valence-electron chi connectivity index (χ3n) is 2.71. The van der Waals surface area contributed by atoms with Crippen LogP contribution in [-0.2, 0) is 6.54 Å². The van der Waals surface area contributed by atoms with E-state index in [1.807, 2.05) is 6.92 Å². The zero-order chi connectivity index (χ0) is 13.0. The van der Waals surface area contributed by atoms with Crippen LogP contribution in [0.15, 0.2) is 30.6 Å². The van der Waals surface area contributed by atoms with Crippen molar-refractivity contribution in [2.75, 3.05) is 6.54 Å². The fourth-order valence-electron chi connectivity index (χ4n) is 1.73. The highest BCUT2D eigenvalue weighted by Gasteiger charge is 2.05. The van der Waals surface area contributed by atoms with E-state index in [0.717, 1.165) is 29.8 Å². The molecule has 0 saturated carbocycles. The smallest absolute Gasteiger partial charge is 0.159 e. The maximum Gasteiger partial charge on any atom is 0.159 e. The highest BCUT2D eigenvalue weighted by molar-refractivity contribution is 5.59. The number of aromatic nitrogens is 2. The summed E-state index contributed by atoms with van der Waals surface area (Å²) in [6, 6.07) is 4.63. The number of halogens is 1. The molecule has 0 unspecified atom stereocenters. The summed E-state index contributed by atoms with van der Waals surface area (Å²) in [7, 11) is 0. The van der Waals surface area contributed by atoms with Crippen LogP contribution < -0.4 is 5.32 Å². The monoisotopic (exact) mass is 245 g/mol. The van der Waals surface area contributed by atoms with E-state index in [4.69, 9.17) is 0 Å². The van der Waals surface area contributed by atoms with Gasteiger partial charge in [-0.3, -0.25) is 0 Å².